The molecule has 0 spiro atoms. The molecule has 2 N–H and O–H groups in total. The Bertz CT molecular complexity index is 1040. The van der Waals surface area contributed by atoms with Crippen LogP contribution in [0.25, 0.3) is 0 Å². The molecule has 3 nitrogen and oxygen atoms in total. The van der Waals surface area contributed by atoms with E-state index in [4.69, 9.17) is 4.99 Å². The van der Waals surface area contributed by atoms with Crippen molar-refractivity contribution < 1.29 is 9.50 Å². The fourth-order valence-corrected chi connectivity index (χ4v) is 4.03. The van der Waals surface area contributed by atoms with Gasteiger partial charge in [0.2, 0.25) is 0 Å². The van der Waals surface area contributed by atoms with Crippen LogP contribution in [0.5, 0.6) is 5.75 Å². The van der Waals surface area contributed by atoms with Gasteiger partial charge in [0.25, 0.3) is 0 Å². The summed E-state index contributed by atoms with van der Waals surface area (Å²) in [7, 11) is 0. The Kier molecular flexibility index (Phi) is 5.62. The first-order valence-corrected chi connectivity index (χ1v) is 10.4. The highest BCUT2D eigenvalue weighted by Crippen LogP contribution is 2.36. The van der Waals surface area contributed by atoms with Crippen LogP contribution in [0, 0.1) is 5.82 Å². The van der Waals surface area contributed by atoms with Crippen molar-refractivity contribution in [1.29, 1.82) is 0 Å². The third-order valence-electron chi connectivity index (χ3n) is 4.78. The predicted octanol–water partition coefficient (Wildman–Crippen LogP) is 6.28. The van der Waals surface area contributed by atoms with Crippen molar-refractivity contribution in [2.45, 2.75) is 18.6 Å². The second-order valence-electron chi connectivity index (χ2n) is 6.63. The SMILES string of the molecule is Oc1ccc(Br)cc1[C@H]1CC(c2ccc(Br)cc2)=N[C@@H](c2ccccc2F)N1. The number of halogens is 3. The van der Waals surface area contributed by atoms with Gasteiger partial charge in [-0.15, -0.1) is 0 Å². The minimum atomic E-state index is -0.544. The molecule has 0 fully saturated rings. The van der Waals surface area contributed by atoms with Crippen LogP contribution in [0.3, 0.4) is 0 Å². The van der Waals surface area contributed by atoms with E-state index in [1.54, 1.807) is 30.3 Å². The summed E-state index contributed by atoms with van der Waals surface area (Å²) in [5, 5.41) is 13.8. The molecule has 2 atom stereocenters. The van der Waals surface area contributed by atoms with Crippen molar-refractivity contribution in [2.75, 3.05) is 0 Å². The van der Waals surface area contributed by atoms with E-state index in [2.05, 4.69) is 37.2 Å². The van der Waals surface area contributed by atoms with Crippen LogP contribution < -0.4 is 5.32 Å². The molecule has 4 rings (SSSR count). The monoisotopic (exact) mass is 502 g/mol. The summed E-state index contributed by atoms with van der Waals surface area (Å²) >= 11 is 6.92. The Balaban J connectivity index is 1.79. The number of phenolic OH excluding ortho intramolecular Hbond substituents is 1. The number of aliphatic imine (C=N–C) groups is 1. The molecular weight excluding hydrogens is 487 g/mol. The van der Waals surface area contributed by atoms with Crippen molar-refractivity contribution in [3.63, 3.8) is 0 Å². The molecule has 1 aliphatic heterocycles. The van der Waals surface area contributed by atoms with Crippen molar-refractivity contribution in [3.05, 3.63) is 98.2 Å². The summed E-state index contributed by atoms with van der Waals surface area (Å²) < 4.78 is 16.3. The van der Waals surface area contributed by atoms with Gasteiger partial charge in [0.05, 0.1) is 0 Å². The standard InChI is InChI=1S/C22H17Br2FN2O/c23-14-7-5-13(6-8-14)19-12-20(17-11-15(24)9-10-21(17)28)27-22(26-19)16-3-1-2-4-18(16)25/h1-11,20,22,27-28H,12H2/t20-,22-/m1/s1. The van der Waals surface area contributed by atoms with Gasteiger partial charge in [-0.25, -0.2) is 4.39 Å². The van der Waals surface area contributed by atoms with Gasteiger partial charge >= 0.3 is 0 Å². The van der Waals surface area contributed by atoms with Gasteiger partial charge in [0.1, 0.15) is 17.7 Å². The minimum absolute atomic E-state index is 0.199. The maximum Gasteiger partial charge on any atom is 0.129 e. The lowest BCUT2D eigenvalue weighted by atomic mass is 9.93. The van der Waals surface area contributed by atoms with Crippen LogP contribution in [0.4, 0.5) is 4.39 Å². The van der Waals surface area contributed by atoms with Crippen LogP contribution in [0.1, 0.15) is 35.3 Å². The number of hydrogen-bond acceptors (Lipinski definition) is 3. The van der Waals surface area contributed by atoms with Gasteiger partial charge in [-0.2, -0.15) is 0 Å². The number of benzene rings is 3. The number of nitrogens with one attached hydrogen (secondary N) is 1. The van der Waals surface area contributed by atoms with Gasteiger partial charge in [-0.05, 0) is 42.0 Å². The summed E-state index contributed by atoms with van der Waals surface area (Å²) in [5.41, 5.74) is 3.07. The maximum absolute atomic E-state index is 14.5. The van der Waals surface area contributed by atoms with Gasteiger partial charge in [0.15, 0.2) is 0 Å². The normalized spacial score (nSPS) is 19.3. The summed E-state index contributed by atoms with van der Waals surface area (Å²) in [5.74, 6) is -0.108. The fourth-order valence-electron chi connectivity index (χ4n) is 3.38. The van der Waals surface area contributed by atoms with E-state index < -0.39 is 6.17 Å². The molecule has 6 heteroatoms. The molecule has 0 bridgehead atoms. The third kappa shape index (κ3) is 4.04. The Morgan fingerprint density at radius 3 is 2.39 bits per heavy atom. The van der Waals surface area contributed by atoms with Crippen molar-refractivity contribution >= 4 is 37.6 Å². The number of phenols is 1. The van der Waals surface area contributed by atoms with Gasteiger partial charge in [-0.1, -0.05) is 62.2 Å². The topological polar surface area (TPSA) is 44.6 Å². The van der Waals surface area contributed by atoms with Crippen LogP contribution in [-0.2, 0) is 0 Å². The van der Waals surface area contributed by atoms with E-state index in [0.717, 1.165) is 25.8 Å². The number of hydrogen-bond donors (Lipinski definition) is 2. The molecule has 0 radical (unpaired) electrons. The quantitative estimate of drug-likeness (QED) is 0.441. The van der Waals surface area contributed by atoms with E-state index in [1.165, 1.54) is 6.07 Å². The van der Waals surface area contributed by atoms with Crippen molar-refractivity contribution in [2.24, 2.45) is 4.99 Å². The molecule has 3 aromatic rings. The lowest BCUT2D eigenvalue weighted by Gasteiger charge is -2.31. The van der Waals surface area contributed by atoms with Crippen LogP contribution in [0.2, 0.25) is 0 Å². The molecular formula is C22H17Br2FN2O. The molecule has 0 aliphatic carbocycles. The third-order valence-corrected chi connectivity index (χ3v) is 5.81. The summed E-state index contributed by atoms with van der Waals surface area (Å²) in [6, 6.07) is 19.7. The molecule has 1 heterocycles. The molecule has 3 aromatic carbocycles. The van der Waals surface area contributed by atoms with Crippen molar-refractivity contribution in [3.8, 4) is 5.75 Å². The predicted molar refractivity (Wildman–Crippen MR) is 116 cm³/mol. The van der Waals surface area contributed by atoms with Crippen LogP contribution >= 0.6 is 31.9 Å². The first kappa shape index (κ1) is 19.3. The summed E-state index contributed by atoms with van der Waals surface area (Å²) in [4.78, 5) is 4.80. The molecule has 1 aliphatic rings. The zero-order valence-electron chi connectivity index (χ0n) is 14.7. The van der Waals surface area contributed by atoms with Gasteiger partial charge < -0.3 is 5.11 Å². The Morgan fingerprint density at radius 1 is 0.929 bits per heavy atom. The number of nitrogens with zero attached hydrogens (tertiary/aromatic N) is 1. The zero-order chi connectivity index (χ0) is 19.7. The Hall–Kier alpha value is -2.02. The maximum atomic E-state index is 14.5. The average molecular weight is 504 g/mol. The van der Waals surface area contributed by atoms with E-state index in [9.17, 15) is 9.50 Å². The first-order valence-electron chi connectivity index (χ1n) is 8.83. The van der Waals surface area contributed by atoms with E-state index >= 15 is 0 Å². The van der Waals surface area contributed by atoms with Gasteiger partial charge in [0, 0.05) is 38.2 Å². The number of rotatable bonds is 3. The fraction of sp³-hybridized carbons (Fsp3) is 0.136. The van der Waals surface area contributed by atoms with E-state index in [-0.39, 0.29) is 17.6 Å². The largest absolute Gasteiger partial charge is 0.508 e. The highest BCUT2D eigenvalue weighted by Gasteiger charge is 2.29. The molecule has 0 saturated heterocycles. The lowest BCUT2D eigenvalue weighted by molar-refractivity contribution is 0.405. The van der Waals surface area contributed by atoms with E-state index in [1.807, 2.05) is 30.3 Å². The highest BCUT2D eigenvalue weighted by molar-refractivity contribution is 9.10. The summed E-state index contributed by atoms with van der Waals surface area (Å²) in [6.45, 7) is 0. The van der Waals surface area contributed by atoms with Crippen molar-refractivity contribution in [1.82, 2.24) is 5.32 Å². The van der Waals surface area contributed by atoms with Gasteiger partial charge in [-0.3, -0.25) is 10.3 Å². The molecule has 0 saturated carbocycles. The molecule has 0 unspecified atom stereocenters. The summed E-state index contributed by atoms with van der Waals surface area (Å²) in [6.07, 6.45) is 0.0355. The Morgan fingerprint density at radius 2 is 1.64 bits per heavy atom. The zero-order valence-corrected chi connectivity index (χ0v) is 17.9. The smallest absolute Gasteiger partial charge is 0.129 e. The number of aromatic hydroxyl groups is 1. The molecule has 0 amide bonds. The van der Waals surface area contributed by atoms with E-state index in [0.29, 0.717) is 12.0 Å². The Labute approximate surface area is 179 Å². The molecule has 0 aromatic heterocycles. The highest BCUT2D eigenvalue weighted by atomic mass is 79.9. The minimum Gasteiger partial charge on any atom is -0.508 e. The molecule has 28 heavy (non-hydrogen) atoms. The first-order chi connectivity index (χ1) is 13.5. The second-order valence-corrected chi connectivity index (χ2v) is 8.46. The second kappa shape index (κ2) is 8.15. The van der Waals surface area contributed by atoms with Crippen LogP contribution in [-0.4, -0.2) is 10.8 Å². The average Bonchev–Trinajstić information content (AvgIpc) is 2.70. The molecule has 142 valence electrons. The lowest BCUT2D eigenvalue weighted by Crippen LogP contribution is -2.33. The van der Waals surface area contributed by atoms with Crippen LogP contribution in [0.15, 0.2) is 80.7 Å².